The van der Waals surface area contributed by atoms with Gasteiger partial charge in [-0.1, -0.05) is 11.6 Å². The number of anilines is 1. The van der Waals surface area contributed by atoms with Crippen molar-refractivity contribution >= 4 is 5.82 Å². The van der Waals surface area contributed by atoms with Crippen molar-refractivity contribution in [1.82, 2.24) is 19.7 Å². The van der Waals surface area contributed by atoms with Crippen LogP contribution in [-0.2, 0) is 0 Å². The number of nitrogen functional groups attached to an aromatic ring is 1. The summed E-state index contributed by atoms with van der Waals surface area (Å²) in [6.07, 6.45) is 1.67. The highest BCUT2D eigenvalue weighted by atomic mass is 19.3. The first-order valence-corrected chi connectivity index (χ1v) is 10.8. The molecule has 10 heteroatoms. The molecule has 3 aliphatic rings. The highest BCUT2D eigenvalue weighted by Gasteiger charge is 2.53. The molecule has 5 rings (SSSR count). The Morgan fingerprint density at radius 1 is 1.16 bits per heavy atom. The van der Waals surface area contributed by atoms with Crippen LogP contribution in [0.3, 0.4) is 0 Å². The van der Waals surface area contributed by atoms with Gasteiger partial charge < -0.3 is 10.5 Å². The standard InChI is InChI=1S/C22H25F4N5O/c1-10(2)31-18(6-17(29-31)11-3-19(32-22(25)26)21(27)28-7-11)20-13-4-12(5-14(13)20)30-8-15(23)16(24)9-30/h3-4,6-7,10,12,14-16,20,22H,5,8-9H2,1-2H3,(H2,27,28)/t12?,14-,15-,16+,20-/m1/s1. The van der Waals surface area contributed by atoms with Gasteiger partial charge in [-0.15, -0.1) is 0 Å². The summed E-state index contributed by atoms with van der Waals surface area (Å²) in [5, 5.41) is 4.69. The van der Waals surface area contributed by atoms with Crippen molar-refractivity contribution in [3.8, 4) is 17.0 Å². The molecule has 172 valence electrons. The highest BCUT2D eigenvalue weighted by molar-refractivity contribution is 5.65. The molecular weight excluding hydrogens is 426 g/mol. The summed E-state index contributed by atoms with van der Waals surface area (Å²) in [4.78, 5) is 5.86. The second-order valence-corrected chi connectivity index (χ2v) is 9.02. The maximum Gasteiger partial charge on any atom is 0.387 e. The van der Waals surface area contributed by atoms with E-state index in [4.69, 9.17) is 10.8 Å². The molecule has 32 heavy (non-hydrogen) atoms. The second kappa shape index (κ2) is 7.75. The largest absolute Gasteiger partial charge is 0.431 e. The van der Waals surface area contributed by atoms with Crippen LogP contribution in [-0.4, -0.2) is 57.8 Å². The van der Waals surface area contributed by atoms with Gasteiger partial charge in [-0.3, -0.25) is 9.58 Å². The molecule has 2 aliphatic carbocycles. The van der Waals surface area contributed by atoms with E-state index < -0.39 is 19.0 Å². The van der Waals surface area contributed by atoms with Gasteiger partial charge >= 0.3 is 6.61 Å². The molecule has 0 amide bonds. The molecule has 5 atom stereocenters. The van der Waals surface area contributed by atoms with Crippen molar-refractivity contribution in [3.63, 3.8) is 0 Å². The molecule has 6 nitrogen and oxygen atoms in total. The lowest BCUT2D eigenvalue weighted by Gasteiger charge is -2.23. The summed E-state index contributed by atoms with van der Waals surface area (Å²) >= 11 is 0. The van der Waals surface area contributed by atoms with Crippen LogP contribution in [0.4, 0.5) is 23.4 Å². The van der Waals surface area contributed by atoms with Crippen LogP contribution in [0.2, 0.25) is 0 Å². The third-order valence-corrected chi connectivity index (χ3v) is 6.61. The number of rotatable bonds is 6. The van der Waals surface area contributed by atoms with Gasteiger partial charge in [0.15, 0.2) is 11.6 Å². The van der Waals surface area contributed by atoms with E-state index in [1.54, 1.807) is 0 Å². The van der Waals surface area contributed by atoms with E-state index in [1.165, 1.54) is 17.8 Å². The highest BCUT2D eigenvalue weighted by Crippen LogP contribution is 2.61. The first-order valence-electron chi connectivity index (χ1n) is 10.8. The minimum Gasteiger partial charge on any atom is -0.431 e. The summed E-state index contributed by atoms with van der Waals surface area (Å²) in [7, 11) is 0. The third kappa shape index (κ3) is 3.64. The number of ether oxygens (including phenoxy) is 1. The fraction of sp³-hybridized carbons (Fsp3) is 0.545. The predicted octanol–water partition coefficient (Wildman–Crippen LogP) is 4.11. The smallest absolute Gasteiger partial charge is 0.387 e. The summed E-state index contributed by atoms with van der Waals surface area (Å²) in [6.45, 7) is 1.34. The normalized spacial score (nSPS) is 29.6. The number of alkyl halides is 4. The Hall–Kier alpha value is -2.62. The van der Waals surface area contributed by atoms with Gasteiger partial charge in [-0.25, -0.2) is 13.8 Å². The zero-order chi connectivity index (χ0) is 22.7. The molecule has 0 bridgehead atoms. The molecule has 0 radical (unpaired) electrons. The number of hydrogen-bond donors (Lipinski definition) is 1. The molecule has 1 saturated heterocycles. The second-order valence-electron chi connectivity index (χ2n) is 9.02. The minimum atomic E-state index is -3.00. The Labute approximate surface area is 183 Å². The number of nitrogens with zero attached hydrogens (tertiary/aromatic N) is 4. The maximum absolute atomic E-state index is 13.6. The number of likely N-dealkylation sites (tertiary alicyclic amines) is 1. The molecular formula is C22H25F4N5O. The van der Waals surface area contributed by atoms with E-state index in [0.717, 1.165) is 12.1 Å². The first kappa shape index (κ1) is 21.2. The molecule has 0 spiro atoms. The lowest BCUT2D eigenvalue weighted by atomic mass is 10.1. The van der Waals surface area contributed by atoms with Crippen molar-refractivity contribution in [1.29, 1.82) is 0 Å². The lowest BCUT2D eigenvalue weighted by molar-refractivity contribution is -0.0494. The molecule has 2 N–H and O–H groups in total. The Balaban J connectivity index is 1.40. The van der Waals surface area contributed by atoms with E-state index in [0.29, 0.717) is 17.2 Å². The van der Waals surface area contributed by atoms with Crippen LogP contribution >= 0.6 is 0 Å². The topological polar surface area (TPSA) is 69.2 Å². The van der Waals surface area contributed by atoms with E-state index in [9.17, 15) is 17.6 Å². The number of hydrogen-bond acceptors (Lipinski definition) is 5. The number of nitrogens with two attached hydrogens (primary N) is 1. The van der Waals surface area contributed by atoms with Crippen LogP contribution in [0.5, 0.6) is 5.75 Å². The van der Waals surface area contributed by atoms with Crippen molar-refractivity contribution in [3.05, 3.63) is 35.7 Å². The molecule has 1 aliphatic heterocycles. The molecule has 2 fully saturated rings. The van der Waals surface area contributed by atoms with Crippen molar-refractivity contribution in [2.24, 2.45) is 5.92 Å². The molecule has 2 aromatic rings. The molecule has 2 aromatic heterocycles. The molecule has 1 saturated carbocycles. The predicted molar refractivity (Wildman–Crippen MR) is 111 cm³/mol. The number of halogens is 4. The van der Waals surface area contributed by atoms with Gasteiger partial charge in [0.2, 0.25) is 0 Å². The quantitative estimate of drug-likeness (QED) is 0.529. The zero-order valence-corrected chi connectivity index (χ0v) is 17.8. The number of allylic oxidation sites excluding steroid dienone is 1. The van der Waals surface area contributed by atoms with Crippen LogP contribution < -0.4 is 10.5 Å². The van der Waals surface area contributed by atoms with Gasteiger partial charge in [0.25, 0.3) is 0 Å². The van der Waals surface area contributed by atoms with Crippen molar-refractivity contribution in [2.75, 3.05) is 18.8 Å². The van der Waals surface area contributed by atoms with Gasteiger partial charge in [0, 0.05) is 48.5 Å². The first-order chi connectivity index (χ1) is 15.2. The number of aromatic nitrogens is 3. The Kier molecular flexibility index (Phi) is 5.15. The van der Waals surface area contributed by atoms with Crippen molar-refractivity contribution < 1.29 is 22.3 Å². The van der Waals surface area contributed by atoms with Crippen molar-refractivity contribution in [2.45, 2.75) is 57.2 Å². The third-order valence-electron chi connectivity index (χ3n) is 6.61. The van der Waals surface area contributed by atoms with Gasteiger partial charge in [-0.05, 0) is 38.3 Å². The van der Waals surface area contributed by atoms with Crippen LogP contribution in [0.25, 0.3) is 11.3 Å². The lowest BCUT2D eigenvalue weighted by Crippen LogP contribution is -2.32. The summed E-state index contributed by atoms with van der Waals surface area (Å²) in [5.41, 5.74) is 9.09. The van der Waals surface area contributed by atoms with Crippen LogP contribution in [0.1, 0.15) is 37.9 Å². The Morgan fingerprint density at radius 3 is 2.47 bits per heavy atom. The van der Waals surface area contributed by atoms with Crippen LogP contribution in [0.15, 0.2) is 30.0 Å². The van der Waals surface area contributed by atoms with E-state index >= 15 is 0 Å². The Morgan fingerprint density at radius 2 is 1.88 bits per heavy atom. The average Bonchev–Trinajstić information content (AvgIpc) is 3.13. The SMILES string of the molecule is CC(C)n1nc(-c2cnc(N)c(OC(F)F)c2)cc1[C@@H]1C2=CC(N3C[C@@H](F)[C@@H](F)C3)C[C@H]21. The summed E-state index contributed by atoms with van der Waals surface area (Å²) in [6, 6.07) is 3.54. The minimum absolute atomic E-state index is 0.0792. The van der Waals surface area contributed by atoms with Gasteiger partial charge in [0.05, 0.1) is 5.69 Å². The van der Waals surface area contributed by atoms with Crippen LogP contribution in [0, 0.1) is 5.92 Å². The summed E-state index contributed by atoms with van der Waals surface area (Å²) < 4.78 is 58.9. The molecule has 3 heterocycles. The van der Waals surface area contributed by atoms with E-state index in [2.05, 4.69) is 15.8 Å². The fourth-order valence-electron chi connectivity index (χ4n) is 5.02. The maximum atomic E-state index is 13.6. The Bertz CT molecular complexity index is 1040. The number of pyridine rings is 1. The van der Waals surface area contributed by atoms with E-state index in [-0.39, 0.29) is 42.7 Å². The van der Waals surface area contributed by atoms with Gasteiger partial charge in [0.1, 0.15) is 12.3 Å². The fourth-order valence-corrected chi connectivity index (χ4v) is 5.02. The molecule has 1 unspecified atom stereocenters. The van der Waals surface area contributed by atoms with E-state index in [1.807, 2.05) is 29.5 Å². The molecule has 0 aromatic carbocycles. The monoisotopic (exact) mass is 451 g/mol. The van der Waals surface area contributed by atoms with Gasteiger partial charge in [-0.2, -0.15) is 13.9 Å². The number of fused-ring (bicyclic) bond motifs is 1. The average molecular weight is 451 g/mol. The summed E-state index contributed by atoms with van der Waals surface area (Å²) in [5.74, 6) is 0.243. The zero-order valence-electron chi connectivity index (χ0n) is 17.8.